The number of aliphatic hydroxyl groups is 3. The van der Waals surface area contributed by atoms with Crippen LogP contribution in [0.25, 0.3) is 11.2 Å². The van der Waals surface area contributed by atoms with Crippen molar-refractivity contribution >= 4 is 17.0 Å². The van der Waals surface area contributed by atoms with E-state index in [9.17, 15) is 15.3 Å². The van der Waals surface area contributed by atoms with E-state index in [1.54, 1.807) is 19.2 Å². The minimum atomic E-state index is -1.20. The third-order valence-corrected chi connectivity index (χ3v) is 3.79. The Hall–Kier alpha value is -1.89. The quantitative estimate of drug-likeness (QED) is 0.375. The predicted octanol–water partition coefficient (Wildman–Crippen LogP) is -2.49. The molecular formula is C12H19N7O4. The van der Waals surface area contributed by atoms with Crippen molar-refractivity contribution in [2.75, 3.05) is 25.8 Å². The molecule has 0 spiro atoms. The van der Waals surface area contributed by atoms with Crippen LogP contribution in [0.4, 0.5) is 5.82 Å². The molecule has 5 N–H and O–H groups in total. The van der Waals surface area contributed by atoms with Crippen molar-refractivity contribution in [3.63, 3.8) is 0 Å². The van der Waals surface area contributed by atoms with Crippen molar-refractivity contribution in [2.24, 2.45) is 0 Å². The summed E-state index contributed by atoms with van der Waals surface area (Å²) in [7, 11) is 3.43. The van der Waals surface area contributed by atoms with E-state index < -0.39 is 31.1 Å². The molecule has 1 aliphatic heterocycles. The molecule has 0 radical (unpaired) electrons. The maximum atomic E-state index is 10.1. The first-order valence-corrected chi connectivity index (χ1v) is 7.07. The van der Waals surface area contributed by atoms with Crippen LogP contribution in [0.5, 0.6) is 0 Å². The first-order valence-electron chi connectivity index (χ1n) is 7.07. The van der Waals surface area contributed by atoms with Crippen molar-refractivity contribution < 1.29 is 20.1 Å². The van der Waals surface area contributed by atoms with E-state index in [1.807, 2.05) is 0 Å². The van der Waals surface area contributed by atoms with Gasteiger partial charge in [0, 0.05) is 14.1 Å². The van der Waals surface area contributed by atoms with Gasteiger partial charge in [0.15, 0.2) is 23.2 Å². The zero-order valence-corrected chi connectivity index (χ0v) is 12.7. The van der Waals surface area contributed by atoms with Gasteiger partial charge in [-0.2, -0.15) is 0 Å². The Morgan fingerprint density at radius 2 is 1.96 bits per heavy atom. The molecule has 1 fully saturated rings. The number of imidazole rings is 1. The fourth-order valence-electron chi connectivity index (χ4n) is 2.62. The third kappa shape index (κ3) is 2.52. The number of hydrogen-bond acceptors (Lipinski definition) is 10. The Balaban J connectivity index is 2.02. The van der Waals surface area contributed by atoms with Gasteiger partial charge in [-0.1, -0.05) is 0 Å². The SMILES string of the molecule is CNN(NC)c1ncnc2c1ncn2[C@@H]1O[C@H](CO)[C@@H](O)[C@H]1O. The zero-order chi connectivity index (χ0) is 16.6. The van der Waals surface area contributed by atoms with Crippen LogP contribution in [0.15, 0.2) is 12.7 Å². The van der Waals surface area contributed by atoms with Gasteiger partial charge in [-0.15, -0.1) is 0 Å². The zero-order valence-electron chi connectivity index (χ0n) is 12.7. The highest BCUT2D eigenvalue weighted by atomic mass is 16.6. The average Bonchev–Trinajstić information content (AvgIpc) is 3.11. The fourth-order valence-corrected chi connectivity index (χ4v) is 2.62. The van der Waals surface area contributed by atoms with Gasteiger partial charge in [0.05, 0.1) is 12.9 Å². The van der Waals surface area contributed by atoms with Crippen LogP contribution in [0.2, 0.25) is 0 Å². The summed E-state index contributed by atoms with van der Waals surface area (Å²) >= 11 is 0. The Labute approximate surface area is 131 Å². The number of ether oxygens (including phenoxy) is 1. The number of aromatic nitrogens is 4. The number of hydrazine groups is 2. The molecule has 3 heterocycles. The maximum Gasteiger partial charge on any atom is 0.190 e. The summed E-state index contributed by atoms with van der Waals surface area (Å²) in [4.78, 5) is 12.6. The van der Waals surface area contributed by atoms with E-state index in [2.05, 4.69) is 25.8 Å². The highest BCUT2D eigenvalue weighted by Crippen LogP contribution is 2.32. The summed E-state index contributed by atoms with van der Waals surface area (Å²) in [6, 6.07) is 0. The van der Waals surface area contributed by atoms with Gasteiger partial charge in [0.1, 0.15) is 24.6 Å². The molecule has 0 amide bonds. The lowest BCUT2D eigenvalue weighted by atomic mass is 10.1. The van der Waals surface area contributed by atoms with Crippen LogP contribution in [-0.2, 0) is 4.74 Å². The van der Waals surface area contributed by atoms with Crippen molar-refractivity contribution in [1.82, 2.24) is 30.4 Å². The highest BCUT2D eigenvalue weighted by Gasteiger charge is 2.44. The molecule has 0 unspecified atom stereocenters. The standard InChI is InChI=1S/C12H19N7O4/c1-13-19(14-2)11-7-10(15-4-16-11)18(5-17-7)12-9(22)8(21)6(3-20)23-12/h4-6,8-9,12-14,20-22H,3H2,1-2H3/t6-,8-,9-,12-/m1/s1. The summed E-state index contributed by atoms with van der Waals surface area (Å²) in [5.41, 5.74) is 6.71. The van der Waals surface area contributed by atoms with Gasteiger partial charge in [-0.05, 0) is 0 Å². The molecule has 2 aromatic rings. The van der Waals surface area contributed by atoms with Crippen LogP contribution >= 0.6 is 0 Å². The second kappa shape index (κ2) is 6.31. The summed E-state index contributed by atoms with van der Waals surface area (Å²) in [6.45, 7) is -0.394. The molecule has 11 nitrogen and oxygen atoms in total. The molecule has 1 aliphatic rings. The van der Waals surface area contributed by atoms with Gasteiger partial charge < -0.3 is 20.1 Å². The van der Waals surface area contributed by atoms with Crippen LogP contribution in [0.1, 0.15) is 6.23 Å². The van der Waals surface area contributed by atoms with E-state index >= 15 is 0 Å². The Kier molecular flexibility index (Phi) is 4.39. The lowest BCUT2D eigenvalue weighted by Gasteiger charge is -2.20. The lowest BCUT2D eigenvalue weighted by Crippen LogP contribution is -2.45. The van der Waals surface area contributed by atoms with Crippen LogP contribution < -0.4 is 16.0 Å². The number of hydrogen-bond donors (Lipinski definition) is 5. The van der Waals surface area contributed by atoms with Crippen LogP contribution in [0.3, 0.4) is 0 Å². The van der Waals surface area contributed by atoms with Crippen LogP contribution in [-0.4, -0.2) is 73.9 Å². The van der Waals surface area contributed by atoms with Crippen molar-refractivity contribution in [2.45, 2.75) is 24.5 Å². The molecule has 23 heavy (non-hydrogen) atoms. The predicted molar refractivity (Wildman–Crippen MR) is 78.9 cm³/mol. The second-order valence-corrected chi connectivity index (χ2v) is 5.03. The Bertz CT molecular complexity index is 676. The number of aliphatic hydroxyl groups excluding tert-OH is 3. The summed E-state index contributed by atoms with van der Waals surface area (Å²) in [6.07, 6.45) is -1.33. The first kappa shape index (κ1) is 16.0. The second-order valence-electron chi connectivity index (χ2n) is 5.03. The largest absolute Gasteiger partial charge is 0.394 e. The molecule has 0 saturated carbocycles. The molecule has 0 aliphatic carbocycles. The first-order chi connectivity index (χ1) is 11.1. The summed E-state index contributed by atoms with van der Waals surface area (Å²) in [5.74, 6) is 0.491. The van der Waals surface area contributed by atoms with Crippen molar-refractivity contribution in [3.05, 3.63) is 12.7 Å². The van der Waals surface area contributed by atoms with E-state index in [1.165, 1.54) is 17.2 Å². The van der Waals surface area contributed by atoms with E-state index in [0.29, 0.717) is 17.0 Å². The molecule has 0 aromatic carbocycles. The van der Waals surface area contributed by atoms with Gasteiger partial charge >= 0.3 is 0 Å². The van der Waals surface area contributed by atoms with Gasteiger partial charge in [-0.25, -0.2) is 30.9 Å². The number of fused-ring (bicyclic) bond motifs is 1. The van der Waals surface area contributed by atoms with Gasteiger partial charge in [-0.3, -0.25) is 4.57 Å². The van der Waals surface area contributed by atoms with E-state index in [4.69, 9.17) is 4.74 Å². The summed E-state index contributed by atoms with van der Waals surface area (Å²) < 4.78 is 7.02. The molecule has 2 aromatic heterocycles. The average molecular weight is 325 g/mol. The van der Waals surface area contributed by atoms with Crippen LogP contribution in [0, 0.1) is 0 Å². The normalized spacial score (nSPS) is 27.7. The van der Waals surface area contributed by atoms with Crippen molar-refractivity contribution in [3.8, 4) is 0 Å². The van der Waals surface area contributed by atoms with Gasteiger partial charge in [0.25, 0.3) is 0 Å². The lowest BCUT2D eigenvalue weighted by molar-refractivity contribution is -0.0511. The Morgan fingerprint density at radius 1 is 1.22 bits per heavy atom. The third-order valence-electron chi connectivity index (χ3n) is 3.79. The molecule has 126 valence electrons. The Morgan fingerprint density at radius 3 is 2.57 bits per heavy atom. The van der Waals surface area contributed by atoms with Crippen molar-refractivity contribution in [1.29, 1.82) is 0 Å². The molecular weight excluding hydrogens is 306 g/mol. The maximum absolute atomic E-state index is 10.1. The fraction of sp³-hybridized carbons (Fsp3) is 0.583. The van der Waals surface area contributed by atoms with E-state index in [0.717, 1.165) is 0 Å². The smallest absolute Gasteiger partial charge is 0.190 e. The summed E-state index contributed by atoms with van der Waals surface area (Å²) in [5, 5.41) is 30.8. The van der Waals surface area contributed by atoms with E-state index in [-0.39, 0.29) is 0 Å². The topological polar surface area (TPSA) is 141 Å². The monoisotopic (exact) mass is 325 g/mol. The minimum absolute atomic E-state index is 0.394. The van der Waals surface area contributed by atoms with Gasteiger partial charge in [0.2, 0.25) is 0 Å². The molecule has 0 bridgehead atoms. The number of nitrogens with one attached hydrogen (secondary N) is 2. The molecule has 1 saturated heterocycles. The number of nitrogens with zero attached hydrogens (tertiary/aromatic N) is 5. The number of anilines is 1. The molecule has 4 atom stereocenters. The highest BCUT2D eigenvalue weighted by molar-refractivity contribution is 5.82. The number of rotatable bonds is 5. The molecule has 11 heteroatoms. The molecule has 3 rings (SSSR count). The minimum Gasteiger partial charge on any atom is -0.394 e.